The molecule has 0 aliphatic rings. The van der Waals surface area contributed by atoms with Crippen molar-refractivity contribution in [3.63, 3.8) is 0 Å². The van der Waals surface area contributed by atoms with Gasteiger partial charge in [0.05, 0.1) is 18.8 Å². The van der Waals surface area contributed by atoms with Crippen LogP contribution in [0.1, 0.15) is 32.3 Å². The summed E-state index contributed by atoms with van der Waals surface area (Å²) in [5, 5.41) is 0. The van der Waals surface area contributed by atoms with Gasteiger partial charge in [-0.2, -0.15) is 0 Å². The zero-order valence-electron chi connectivity index (χ0n) is 11.0. The van der Waals surface area contributed by atoms with E-state index >= 15 is 0 Å². The van der Waals surface area contributed by atoms with E-state index in [-0.39, 0.29) is 0 Å². The third-order valence-corrected chi connectivity index (χ3v) is 2.93. The number of ether oxygens (including phenoxy) is 2. The summed E-state index contributed by atoms with van der Waals surface area (Å²) in [5.74, 6) is 0.895. The van der Waals surface area contributed by atoms with Gasteiger partial charge in [-0.15, -0.1) is 0 Å². The van der Waals surface area contributed by atoms with E-state index in [4.69, 9.17) is 15.2 Å². The lowest BCUT2D eigenvalue weighted by Gasteiger charge is -2.28. The summed E-state index contributed by atoms with van der Waals surface area (Å²) < 4.78 is 10.7. The Morgan fingerprint density at radius 1 is 1.18 bits per heavy atom. The lowest BCUT2D eigenvalue weighted by atomic mass is 9.89. The van der Waals surface area contributed by atoms with Crippen LogP contribution in [0, 0.1) is 0 Å². The number of nitrogens with two attached hydrogens (primary N) is 1. The summed E-state index contributed by atoms with van der Waals surface area (Å²) in [4.78, 5) is 0. The molecule has 0 saturated heterocycles. The number of rotatable bonds is 7. The fourth-order valence-corrected chi connectivity index (χ4v) is 1.75. The minimum atomic E-state index is -0.405. The molecule has 0 saturated carbocycles. The molecule has 3 heteroatoms. The first kappa shape index (κ1) is 14.0. The van der Waals surface area contributed by atoms with Crippen LogP contribution in [0.3, 0.4) is 0 Å². The second-order valence-electron chi connectivity index (χ2n) is 4.32. The Morgan fingerprint density at radius 2 is 1.82 bits per heavy atom. The molecule has 1 aromatic carbocycles. The molecular formula is C14H23NO2. The summed E-state index contributed by atoms with van der Waals surface area (Å²) in [6.07, 6.45) is 1.86. The first-order chi connectivity index (χ1) is 8.16. The molecule has 0 amide bonds. The van der Waals surface area contributed by atoms with Crippen molar-refractivity contribution in [1.82, 2.24) is 0 Å². The van der Waals surface area contributed by atoms with Crippen molar-refractivity contribution in [2.45, 2.75) is 32.2 Å². The van der Waals surface area contributed by atoms with Crippen LogP contribution in [0.15, 0.2) is 24.3 Å². The van der Waals surface area contributed by atoms with Crippen LogP contribution < -0.4 is 10.5 Å². The highest BCUT2D eigenvalue weighted by Crippen LogP contribution is 2.24. The number of methoxy groups -OCH3 is 1. The molecule has 0 radical (unpaired) electrons. The molecule has 1 aromatic rings. The molecule has 96 valence electrons. The van der Waals surface area contributed by atoms with Gasteiger partial charge in [0.2, 0.25) is 0 Å². The van der Waals surface area contributed by atoms with Gasteiger partial charge in [0.25, 0.3) is 0 Å². The first-order valence-corrected chi connectivity index (χ1v) is 6.17. The Morgan fingerprint density at radius 3 is 2.29 bits per heavy atom. The highest BCUT2D eigenvalue weighted by atomic mass is 16.5. The van der Waals surface area contributed by atoms with Crippen molar-refractivity contribution in [3.05, 3.63) is 29.8 Å². The van der Waals surface area contributed by atoms with Crippen LogP contribution in [0.2, 0.25) is 0 Å². The molecule has 3 nitrogen and oxygen atoms in total. The second kappa shape index (κ2) is 6.62. The third-order valence-electron chi connectivity index (χ3n) is 2.93. The molecule has 0 aromatic heterocycles. The van der Waals surface area contributed by atoms with Crippen LogP contribution in [-0.4, -0.2) is 20.3 Å². The maximum Gasteiger partial charge on any atom is 0.119 e. The smallest absolute Gasteiger partial charge is 0.119 e. The van der Waals surface area contributed by atoms with Gasteiger partial charge in [0.15, 0.2) is 0 Å². The molecule has 0 aliphatic heterocycles. The zero-order chi connectivity index (χ0) is 12.7. The normalized spacial score (nSPS) is 14.4. The van der Waals surface area contributed by atoms with Crippen molar-refractivity contribution in [3.8, 4) is 5.75 Å². The fourth-order valence-electron chi connectivity index (χ4n) is 1.75. The molecule has 0 heterocycles. The van der Waals surface area contributed by atoms with Crippen molar-refractivity contribution in [1.29, 1.82) is 0 Å². The van der Waals surface area contributed by atoms with E-state index in [0.717, 1.165) is 30.8 Å². The van der Waals surface area contributed by atoms with E-state index in [1.54, 1.807) is 7.11 Å². The van der Waals surface area contributed by atoms with Crippen LogP contribution in [0.5, 0.6) is 5.75 Å². The van der Waals surface area contributed by atoms with Gasteiger partial charge in [-0.05, 0) is 30.5 Å². The summed E-state index contributed by atoms with van der Waals surface area (Å²) >= 11 is 0. The van der Waals surface area contributed by atoms with E-state index in [9.17, 15) is 0 Å². The van der Waals surface area contributed by atoms with Crippen LogP contribution in [0.4, 0.5) is 0 Å². The predicted molar refractivity (Wildman–Crippen MR) is 70.3 cm³/mol. The van der Waals surface area contributed by atoms with Crippen molar-refractivity contribution in [2.75, 3.05) is 20.3 Å². The van der Waals surface area contributed by atoms with Crippen LogP contribution in [-0.2, 0) is 10.3 Å². The Labute approximate surface area is 104 Å². The summed E-state index contributed by atoms with van der Waals surface area (Å²) in [6.45, 7) is 5.44. The number of hydrogen-bond acceptors (Lipinski definition) is 3. The minimum Gasteiger partial charge on any atom is -0.494 e. The van der Waals surface area contributed by atoms with Crippen molar-refractivity contribution >= 4 is 0 Å². The molecule has 0 bridgehead atoms. The topological polar surface area (TPSA) is 44.5 Å². The lowest BCUT2D eigenvalue weighted by Crippen LogP contribution is -2.40. The zero-order valence-corrected chi connectivity index (χ0v) is 11.0. The largest absolute Gasteiger partial charge is 0.494 e. The van der Waals surface area contributed by atoms with E-state index in [0.29, 0.717) is 6.61 Å². The van der Waals surface area contributed by atoms with Gasteiger partial charge in [0, 0.05) is 7.11 Å². The Bertz CT molecular complexity index is 323. The lowest BCUT2D eigenvalue weighted by molar-refractivity contribution is 0.129. The van der Waals surface area contributed by atoms with Gasteiger partial charge in [0.1, 0.15) is 5.75 Å². The first-order valence-electron chi connectivity index (χ1n) is 6.17. The average Bonchev–Trinajstić information content (AvgIpc) is 2.37. The van der Waals surface area contributed by atoms with Crippen molar-refractivity contribution in [2.24, 2.45) is 5.73 Å². The van der Waals surface area contributed by atoms with Crippen molar-refractivity contribution < 1.29 is 9.47 Å². The number of benzene rings is 1. The van der Waals surface area contributed by atoms with E-state index in [1.165, 1.54) is 0 Å². The number of hydrogen-bond donors (Lipinski definition) is 1. The van der Waals surface area contributed by atoms with E-state index in [2.05, 4.69) is 13.8 Å². The van der Waals surface area contributed by atoms with Crippen LogP contribution in [0.25, 0.3) is 0 Å². The minimum absolute atomic E-state index is 0.405. The Balaban J connectivity index is 2.77. The predicted octanol–water partition coefficient (Wildman–Crippen LogP) is 2.69. The Hall–Kier alpha value is -1.06. The summed E-state index contributed by atoms with van der Waals surface area (Å²) in [7, 11) is 1.68. The third kappa shape index (κ3) is 3.72. The highest BCUT2D eigenvalue weighted by Gasteiger charge is 2.24. The quantitative estimate of drug-likeness (QED) is 0.793. The van der Waals surface area contributed by atoms with Gasteiger partial charge in [-0.3, -0.25) is 0 Å². The maximum atomic E-state index is 6.31. The molecule has 1 unspecified atom stereocenters. The fraction of sp³-hybridized carbons (Fsp3) is 0.571. The molecule has 0 aliphatic carbocycles. The summed E-state index contributed by atoms with van der Waals surface area (Å²) in [6, 6.07) is 7.98. The summed E-state index contributed by atoms with van der Waals surface area (Å²) in [5.41, 5.74) is 7.00. The van der Waals surface area contributed by atoms with Crippen LogP contribution >= 0.6 is 0 Å². The van der Waals surface area contributed by atoms with E-state index < -0.39 is 5.54 Å². The average molecular weight is 237 g/mol. The Kier molecular flexibility index (Phi) is 5.45. The van der Waals surface area contributed by atoms with Gasteiger partial charge in [-0.25, -0.2) is 0 Å². The molecule has 0 spiro atoms. The maximum absolute atomic E-state index is 6.31. The monoisotopic (exact) mass is 237 g/mol. The SMILES string of the molecule is CCCOc1ccc(C(N)(CC)COC)cc1. The molecule has 2 N–H and O–H groups in total. The highest BCUT2D eigenvalue weighted by molar-refractivity contribution is 5.31. The standard InChI is InChI=1S/C14H23NO2/c1-4-10-17-13-8-6-12(7-9-13)14(15,5-2)11-16-3/h6-9H,4-5,10-11,15H2,1-3H3. The molecule has 1 rings (SSSR count). The van der Waals surface area contributed by atoms with E-state index in [1.807, 2.05) is 24.3 Å². The molecule has 0 fully saturated rings. The molecule has 1 atom stereocenters. The van der Waals surface area contributed by atoms with Gasteiger partial charge < -0.3 is 15.2 Å². The molecule has 17 heavy (non-hydrogen) atoms. The van der Waals surface area contributed by atoms with Gasteiger partial charge in [-0.1, -0.05) is 26.0 Å². The van der Waals surface area contributed by atoms with Gasteiger partial charge >= 0.3 is 0 Å². The second-order valence-corrected chi connectivity index (χ2v) is 4.32. The molecular weight excluding hydrogens is 214 g/mol.